The van der Waals surface area contributed by atoms with Gasteiger partial charge in [-0.25, -0.2) is 0 Å². The fourth-order valence-electron chi connectivity index (χ4n) is 1.12. The number of anilines is 2. The first kappa shape index (κ1) is 15.6. The SMILES string of the molecule is CN(C)c1cc(OCCOCP(=O)(O)O)nc(N)n1. The molecule has 0 bridgehead atoms. The highest BCUT2D eigenvalue weighted by Gasteiger charge is 2.12. The quantitative estimate of drug-likeness (QED) is 0.456. The van der Waals surface area contributed by atoms with Gasteiger partial charge in [-0.3, -0.25) is 4.57 Å². The van der Waals surface area contributed by atoms with Gasteiger partial charge >= 0.3 is 7.60 Å². The number of hydrogen-bond donors (Lipinski definition) is 3. The van der Waals surface area contributed by atoms with Crippen LogP contribution < -0.4 is 15.4 Å². The van der Waals surface area contributed by atoms with E-state index in [2.05, 4.69) is 9.97 Å². The molecule has 0 aliphatic carbocycles. The molecule has 0 aliphatic heterocycles. The lowest BCUT2D eigenvalue weighted by Crippen LogP contribution is -2.14. The van der Waals surface area contributed by atoms with Crippen molar-refractivity contribution in [2.75, 3.05) is 44.3 Å². The maximum atomic E-state index is 10.5. The minimum atomic E-state index is -4.14. The van der Waals surface area contributed by atoms with Crippen LogP contribution in [0, 0.1) is 0 Å². The van der Waals surface area contributed by atoms with Crippen LogP contribution in [0.2, 0.25) is 0 Å². The van der Waals surface area contributed by atoms with E-state index in [0.717, 1.165) is 0 Å². The van der Waals surface area contributed by atoms with Crippen LogP contribution in [0.4, 0.5) is 11.8 Å². The lowest BCUT2D eigenvalue weighted by molar-refractivity contribution is 0.118. The van der Waals surface area contributed by atoms with Gasteiger partial charge in [0.1, 0.15) is 18.8 Å². The molecule has 0 saturated heterocycles. The molecule has 0 amide bonds. The molecule has 0 aliphatic rings. The topological polar surface area (TPSA) is 131 Å². The minimum absolute atomic E-state index is 0.0340. The third-order valence-corrected chi connectivity index (χ3v) is 2.42. The summed E-state index contributed by atoms with van der Waals surface area (Å²) in [6, 6.07) is 1.60. The average Bonchev–Trinajstić information content (AvgIpc) is 2.26. The summed E-state index contributed by atoms with van der Waals surface area (Å²) in [4.78, 5) is 26.7. The third kappa shape index (κ3) is 6.35. The zero-order valence-electron chi connectivity index (χ0n) is 10.7. The first-order valence-corrected chi connectivity index (χ1v) is 7.15. The number of aromatic nitrogens is 2. The highest BCUT2D eigenvalue weighted by atomic mass is 31.2. The van der Waals surface area contributed by atoms with E-state index in [-0.39, 0.29) is 25.0 Å². The second-order valence-electron chi connectivity index (χ2n) is 3.87. The van der Waals surface area contributed by atoms with Gasteiger partial charge in [0.25, 0.3) is 0 Å². The van der Waals surface area contributed by atoms with Crippen molar-refractivity contribution in [2.24, 2.45) is 0 Å². The van der Waals surface area contributed by atoms with Crippen molar-refractivity contribution in [3.05, 3.63) is 6.07 Å². The first-order valence-electron chi connectivity index (χ1n) is 5.35. The molecule has 1 heterocycles. The summed E-state index contributed by atoms with van der Waals surface area (Å²) >= 11 is 0. The Morgan fingerprint density at radius 3 is 2.63 bits per heavy atom. The van der Waals surface area contributed by atoms with Crippen molar-refractivity contribution in [3.63, 3.8) is 0 Å². The summed E-state index contributed by atoms with van der Waals surface area (Å²) in [6.45, 7) is 0.135. The Kier molecular flexibility index (Phi) is 5.49. The van der Waals surface area contributed by atoms with Crippen LogP contribution in [0.1, 0.15) is 0 Å². The number of rotatable bonds is 7. The van der Waals surface area contributed by atoms with E-state index in [9.17, 15) is 4.57 Å². The highest BCUT2D eigenvalue weighted by molar-refractivity contribution is 7.51. The Balaban J connectivity index is 2.43. The lowest BCUT2D eigenvalue weighted by atomic mass is 10.5. The molecule has 1 aromatic heterocycles. The Morgan fingerprint density at radius 2 is 2.05 bits per heavy atom. The zero-order chi connectivity index (χ0) is 14.5. The van der Waals surface area contributed by atoms with E-state index in [1.54, 1.807) is 25.1 Å². The number of hydrogen-bond acceptors (Lipinski definition) is 7. The largest absolute Gasteiger partial charge is 0.475 e. The van der Waals surface area contributed by atoms with E-state index in [1.807, 2.05) is 0 Å². The molecule has 0 unspecified atom stereocenters. The molecule has 0 aromatic carbocycles. The van der Waals surface area contributed by atoms with Crippen LogP contribution >= 0.6 is 7.60 Å². The molecule has 0 radical (unpaired) electrons. The Bertz CT molecular complexity index is 464. The first-order chi connectivity index (χ1) is 8.78. The predicted octanol–water partition coefficient (Wildman–Crippen LogP) is -0.345. The predicted molar refractivity (Wildman–Crippen MR) is 69.1 cm³/mol. The van der Waals surface area contributed by atoms with Crippen LogP contribution in [0.3, 0.4) is 0 Å². The molecule has 9 nitrogen and oxygen atoms in total. The summed E-state index contributed by atoms with van der Waals surface area (Å²) in [5.74, 6) is 0.951. The van der Waals surface area contributed by atoms with E-state index in [1.165, 1.54) is 0 Å². The van der Waals surface area contributed by atoms with Crippen molar-refractivity contribution >= 4 is 19.4 Å². The maximum Gasteiger partial charge on any atom is 0.350 e. The zero-order valence-corrected chi connectivity index (χ0v) is 11.6. The van der Waals surface area contributed by atoms with Gasteiger partial charge in [-0.05, 0) is 0 Å². The second-order valence-corrected chi connectivity index (χ2v) is 5.46. The number of ether oxygens (including phenoxy) is 2. The van der Waals surface area contributed by atoms with Gasteiger partial charge in [0, 0.05) is 20.2 Å². The van der Waals surface area contributed by atoms with Gasteiger partial charge in [-0.1, -0.05) is 0 Å². The van der Waals surface area contributed by atoms with E-state index < -0.39 is 13.9 Å². The summed E-state index contributed by atoms with van der Waals surface area (Å²) < 4.78 is 20.5. The molecule has 0 atom stereocenters. The summed E-state index contributed by atoms with van der Waals surface area (Å²) in [7, 11) is -0.536. The molecule has 19 heavy (non-hydrogen) atoms. The normalized spacial score (nSPS) is 11.4. The van der Waals surface area contributed by atoms with Gasteiger partial charge in [0.05, 0.1) is 6.61 Å². The van der Waals surface area contributed by atoms with Crippen molar-refractivity contribution in [3.8, 4) is 5.88 Å². The summed E-state index contributed by atoms with van der Waals surface area (Å²) in [5.41, 5.74) is 5.52. The van der Waals surface area contributed by atoms with Crippen LogP contribution in [-0.2, 0) is 9.30 Å². The van der Waals surface area contributed by atoms with Crippen LogP contribution in [-0.4, -0.2) is 53.4 Å². The van der Waals surface area contributed by atoms with Gasteiger partial charge in [-0.2, -0.15) is 9.97 Å². The molecule has 0 spiro atoms. The molecule has 1 aromatic rings. The third-order valence-electron chi connectivity index (χ3n) is 1.90. The maximum absolute atomic E-state index is 10.5. The summed E-state index contributed by atoms with van der Waals surface area (Å²) in [5, 5.41) is 0. The molecule has 0 saturated carbocycles. The van der Waals surface area contributed by atoms with Gasteiger partial charge < -0.3 is 29.9 Å². The molecule has 1 rings (SSSR count). The fraction of sp³-hybridized carbons (Fsp3) is 0.556. The molecule has 0 fully saturated rings. The number of nitrogen functional groups attached to an aromatic ring is 1. The van der Waals surface area contributed by atoms with Gasteiger partial charge in [0.15, 0.2) is 0 Å². The standard InChI is InChI=1S/C9H17N4O5P/c1-13(2)7-5-8(12-9(10)11-7)18-4-3-17-6-19(14,15)16/h5H,3-4,6H2,1-2H3,(H2,10,11,12)(H2,14,15,16). The van der Waals surface area contributed by atoms with Crippen LogP contribution in [0.15, 0.2) is 6.07 Å². The van der Waals surface area contributed by atoms with Crippen molar-refractivity contribution in [1.82, 2.24) is 9.97 Å². The van der Waals surface area contributed by atoms with Crippen molar-refractivity contribution in [1.29, 1.82) is 0 Å². The second kappa shape index (κ2) is 6.67. The molecular weight excluding hydrogens is 275 g/mol. The van der Waals surface area contributed by atoms with E-state index >= 15 is 0 Å². The molecule has 10 heteroatoms. The Labute approximate surface area is 110 Å². The molecule has 4 N–H and O–H groups in total. The summed E-state index contributed by atoms with van der Waals surface area (Å²) in [6.07, 6.45) is -0.634. The lowest BCUT2D eigenvalue weighted by Gasteiger charge is -2.13. The van der Waals surface area contributed by atoms with Gasteiger partial charge in [-0.15, -0.1) is 0 Å². The average molecular weight is 292 g/mol. The van der Waals surface area contributed by atoms with Gasteiger partial charge in [0.2, 0.25) is 11.8 Å². The highest BCUT2D eigenvalue weighted by Crippen LogP contribution is 2.33. The Hall–Kier alpha value is -1.41. The van der Waals surface area contributed by atoms with Crippen LogP contribution in [0.5, 0.6) is 5.88 Å². The van der Waals surface area contributed by atoms with E-state index in [0.29, 0.717) is 5.82 Å². The monoisotopic (exact) mass is 292 g/mol. The van der Waals surface area contributed by atoms with Crippen molar-refractivity contribution < 1.29 is 23.8 Å². The smallest absolute Gasteiger partial charge is 0.350 e. The fourth-order valence-corrected chi connectivity index (χ4v) is 1.49. The Morgan fingerprint density at radius 1 is 1.37 bits per heavy atom. The van der Waals surface area contributed by atoms with Crippen LogP contribution in [0.25, 0.3) is 0 Å². The molecular formula is C9H17N4O5P. The number of nitrogens with zero attached hydrogens (tertiary/aromatic N) is 3. The van der Waals surface area contributed by atoms with Crippen molar-refractivity contribution in [2.45, 2.75) is 0 Å². The minimum Gasteiger partial charge on any atom is -0.475 e. The number of nitrogens with two attached hydrogens (primary N) is 1. The van der Waals surface area contributed by atoms with E-state index in [4.69, 9.17) is 25.0 Å². The molecule has 108 valence electrons.